The number of halogens is 4. The Morgan fingerprint density at radius 3 is 2.59 bits per heavy atom. The summed E-state index contributed by atoms with van der Waals surface area (Å²) in [5, 5.41) is 2.98. The molecule has 4 rings (SSSR count). The molecular weight excluding hydrogens is 362 g/mol. The summed E-state index contributed by atoms with van der Waals surface area (Å²) in [5.74, 6) is -0.985. The summed E-state index contributed by atoms with van der Waals surface area (Å²) in [6.45, 7) is 3.79. The molecule has 0 bridgehead atoms. The van der Waals surface area contributed by atoms with Crippen LogP contribution in [0.25, 0.3) is 16.7 Å². The smallest absolute Gasteiger partial charge is 0.323 e. The molecule has 1 amide bonds. The standard InChI is InChI=1S/C19H15F4N3O/c1-9(2)14-6-10-3-4-15(19(21,22)23)24-18(10)26(14)12-5-11-7-16(27)25-17(11)13(20)8-12/h3-6,8-9H,7H2,1-2H3,(H,25,27). The van der Waals surface area contributed by atoms with Gasteiger partial charge in [-0.2, -0.15) is 13.2 Å². The minimum absolute atomic E-state index is 0.0253. The molecule has 27 heavy (non-hydrogen) atoms. The molecule has 0 atom stereocenters. The molecule has 1 N–H and O–H groups in total. The van der Waals surface area contributed by atoms with E-state index in [1.807, 2.05) is 13.8 Å². The summed E-state index contributed by atoms with van der Waals surface area (Å²) in [5.41, 5.74) is 0.726. The second kappa shape index (κ2) is 5.80. The molecule has 0 saturated heterocycles. The Morgan fingerprint density at radius 2 is 1.93 bits per heavy atom. The molecule has 0 radical (unpaired) electrons. The average Bonchev–Trinajstić information content (AvgIpc) is 3.13. The number of hydrogen-bond acceptors (Lipinski definition) is 2. The van der Waals surface area contributed by atoms with Crippen LogP contribution >= 0.6 is 0 Å². The molecule has 140 valence electrons. The second-order valence-corrected chi connectivity index (χ2v) is 6.85. The number of alkyl halides is 3. The van der Waals surface area contributed by atoms with Gasteiger partial charge in [0, 0.05) is 17.1 Å². The van der Waals surface area contributed by atoms with Crippen LogP contribution in [-0.2, 0) is 17.4 Å². The van der Waals surface area contributed by atoms with E-state index in [0.717, 1.165) is 6.07 Å². The van der Waals surface area contributed by atoms with Gasteiger partial charge in [0.2, 0.25) is 5.91 Å². The third-order valence-corrected chi connectivity index (χ3v) is 4.59. The van der Waals surface area contributed by atoms with Crippen LogP contribution < -0.4 is 5.32 Å². The van der Waals surface area contributed by atoms with Crippen molar-refractivity contribution >= 4 is 22.6 Å². The summed E-state index contributed by atoms with van der Waals surface area (Å²) in [6, 6.07) is 6.87. The molecule has 0 unspecified atom stereocenters. The predicted molar refractivity (Wildman–Crippen MR) is 92.5 cm³/mol. The van der Waals surface area contributed by atoms with Crippen molar-refractivity contribution in [2.45, 2.75) is 32.4 Å². The van der Waals surface area contributed by atoms with Crippen molar-refractivity contribution in [2.24, 2.45) is 0 Å². The Balaban J connectivity index is 2.00. The van der Waals surface area contributed by atoms with E-state index in [1.165, 1.54) is 16.7 Å². The van der Waals surface area contributed by atoms with Crippen LogP contribution in [-0.4, -0.2) is 15.5 Å². The zero-order valence-electron chi connectivity index (χ0n) is 14.5. The first-order valence-electron chi connectivity index (χ1n) is 8.37. The fourth-order valence-corrected chi connectivity index (χ4v) is 3.36. The number of amides is 1. The number of rotatable bonds is 2. The Morgan fingerprint density at radius 1 is 1.19 bits per heavy atom. The maximum absolute atomic E-state index is 14.5. The molecule has 1 aromatic carbocycles. The van der Waals surface area contributed by atoms with Gasteiger partial charge in [-0.3, -0.25) is 9.36 Å². The number of anilines is 1. The highest BCUT2D eigenvalue weighted by atomic mass is 19.4. The second-order valence-electron chi connectivity index (χ2n) is 6.85. The molecule has 0 fully saturated rings. The van der Waals surface area contributed by atoms with Crippen molar-refractivity contribution in [3.8, 4) is 5.69 Å². The third kappa shape index (κ3) is 2.85. The van der Waals surface area contributed by atoms with Gasteiger partial charge in [0.15, 0.2) is 0 Å². The summed E-state index contributed by atoms with van der Waals surface area (Å²) in [7, 11) is 0. The SMILES string of the molecule is CC(C)c1cc2ccc(C(F)(F)F)nc2n1-c1cc(F)c2c(c1)CC(=O)N2. The zero-order chi connectivity index (χ0) is 19.5. The Hall–Kier alpha value is -2.90. The van der Waals surface area contributed by atoms with Crippen LogP contribution in [0.4, 0.5) is 23.2 Å². The molecule has 3 aromatic rings. The van der Waals surface area contributed by atoms with E-state index in [0.29, 0.717) is 22.3 Å². The average molecular weight is 377 g/mol. The third-order valence-electron chi connectivity index (χ3n) is 4.59. The van der Waals surface area contributed by atoms with E-state index in [-0.39, 0.29) is 29.6 Å². The van der Waals surface area contributed by atoms with Gasteiger partial charge in [-0.15, -0.1) is 0 Å². The van der Waals surface area contributed by atoms with Gasteiger partial charge in [0.25, 0.3) is 0 Å². The van der Waals surface area contributed by atoms with E-state index in [2.05, 4.69) is 10.3 Å². The maximum Gasteiger partial charge on any atom is 0.433 e. The topological polar surface area (TPSA) is 46.9 Å². The van der Waals surface area contributed by atoms with Crippen molar-refractivity contribution < 1.29 is 22.4 Å². The predicted octanol–water partition coefficient (Wildman–Crippen LogP) is 4.80. The lowest BCUT2D eigenvalue weighted by Crippen LogP contribution is -2.09. The number of pyridine rings is 1. The van der Waals surface area contributed by atoms with Gasteiger partial charge in [-0.25, -0.2) is 9.37 Å². The first-order valence-corrected chi connectivity index (χ1v) is 8.37. The van der Waals surface area contributed by atoms with Crippen LogP contribution in [0.5, 0.6) is 0 Å². The normalized spacial score (nSPS) is 14.1. The summed E-state index contributed by atoms with van der Waals surface area (Å²) < 4.78 is 55.4. The molecule has 4 nitrogen and oxygen atoms in total. The fourth-order valence-electron chi connectivity index (χ4n) is 3.36. The number of benzene rings is 1. The monoisotopic (exact) mass is 377 g/mol. The summed E-state index contributed by atoms with van der Waals surface area (Å²) >= 11 is 0. The maximum atomic E-state index is 14.5. The highest BCUT2D eigenvalue weighted by Crippen LogP contribution is 2.35. The molecule has 0 saturated carbocycles. The van der Waals surface area contributed by atoms with E-state index < -0.39 is 17.7 Å². The van der Waals surface area contributed by atoms with Crippen LogP contribution in [0.3, 0.4) is 0 Å². The minimum atomic E-state index is -4.58. The Kier molecular flexibility index (Phi) is 3.76. The van der Waals surface area contributed by atoms with Crippen molar-refractivity contribution in [2.75, 3.05) is 5.32 Å². The Labute approximate surface area is 151 Å². The first kappa shape index (κ1) is 17.5. The van der Waals surface area contributed by atoms with E-state index in [4.69, 9.17) is 0 Å². The van der Waals surface area contributed by atoms with Gasteiger partial charge < -0.3 is 5.32 Å². The van der Waals surface area contributed by atoms with Gasteiger partial charge in [-0.1, -0.05) is 13.8 Å². The molecule has 3 heterocycles. The molecule has 2 aromatic heterocycles. The number of hydrogen-bond donors (Lipinski definition) is 1. The van der Waals surface area contributed by atoms with E-state index in [1.54, 1.807) is 12.1 Å². The lowest BCUT2D eigenvalue weighted by atomic mass is 10.1. The fraction of sp³-hybridized carbons (Fsp3) is 0.263. The number of carbonyl (C=O) groups excluding carboxylic acids is 1. The molecular formula is C19H15F4N3O. The number of nitrogens with zero attached hydrogens (tertiary/aromatic N) is 2. The van der Waals surface area contributed by atoms with E-state index in [9.17, 15) is 22.4 Å². The highest BCUT2D eigenvalue weighted by Gasteiger charge is 2.33. The molecule has 1 aliphatic heterocycles. The van der Waals surface area contributed by atoms with Gasteiger partial charge in [0.1, 0.15) is 17.2 Å². The van der Waals surface area contributed by atoms with Crippen molar-refractivity contribution in [1.29, 1.82) is 0 Å². The van der Waals surface area contributed by atoms with Crippen molar-refractivity contribution in [3.05, 3.63) is 53.1 Å². The summed E-state index contributed by atoms with van der Waals surface area (Å²) in [6.07, 6.45) is -4.56. The van der Waals surface area contributed by atoms with Crippen LogP contribution in [0.15, 0.2) is 30.3 Å². The Bertz CT molecular complexity index is 1080. The zero-order valence-corrected chi connectivity index (χ0v) is 14.5. The largest absolute Gasteiger partial charge is 0.433 e. The number of fused-ring (bicyclic) bond motifs is 2. The van der Waals surface area contributed by atoms with Crippen molar-refractivity contribution in [3.63, 3.8) is 0 Å². The molecule has 1 aliphatic rings. The number of aromatic nitrogens is 2. The highest BCUT2D eigenvalue weighted by molar-refractivity contribution is 5.99. The molecule has 0 aliphatic carbocycles. The first-order chi connectivity index (χ1) is 12.6. The summed E-state index contributed by atoms with van der Waals surface area (Å²) in [4.78, 5) is 15.4. The number of carbonyl (C=O) groups is 1. The van der Waals surface area contributed by atoms with Crippen LogP contribution in [0.2, 0.25) is 0 Å². The van der Waals surface area contributed by atoms with Crippen LogP contribution in [0.1, 0.15) is 36.7 Å². The van der Waals surface area contributed by atoms with Gasteiger partial charge in [0.05, 0.1) is 17.8 Å². The van der Waals surface area contributed by atoms with Crippen LogP contribution in [0, 0.1) is 5.82 Å². The number of nitrogens with one attached hydrogen (secondary N) is 1. The van der Waals surface area contributed by atoms with E-state index >= 15 is 0 Å². The minimum Gasteiger partial charge on any atom is -0.323 e. The van der Waals surface area contributed by atoms with Gasteiger partial charge >= 0.3 is 6.18 Å². The molecule has 8 heteroatoms. The van der Waals surface area contributed by atoms with Crippen molar-refractivity contribution in [1.82, 2.24) is 9.55 Å². The molecule has 0 spiro atoms. The quantitative estimate of drug-likeness (QED) is 0.652. The van der Waals surface area contributed by atoms with Gasteiger partial charge in [-0.05, 0) is 35.7 Å². The lowest BCUT2D eigenvalue weighted by molar-refractivity contribution is -0.141. The lowest BCUT2D eigenvalue weighted by Gasteiger charge is -2.15.